The largest absolute Gasteiger partial charge is 0.379 e. The molecule has 3 fully saturated rings. The lowest BCUT2D eigenvalue weighted by molar-refractivity contribution is 0.0730. The second-order valence-electron chi connectivity index (χ2n) is 9.27. The number of hydrogen-bond donors (Lipinski definition) is 0. The van der Waals surface area contributed by atoms with Gasteiger partial charge in [0, 0.05) is 26.2 Å². The number of nitrogens with zero attached hydrogens (tertiary/aromatic N) is 4. The third kappa shape index (κ3) is 4.15. The predicted octanol–water partition coefficient (Wildman–Crippen LogP) is 3.09. The molecule has 0 radical (unpaired) electrons. The molecule has 2 aromatic rings. The molecule has 1 aromatic carbocycles. The zero-order valence-electron chi connectivity index (χ0n) is 18.5. The van der Waals surface area contributed by atoms with Crippen molar-refractivity contribution in [2.24, 2.45) is 11.8 Å². The van der Waals surface area contributed by atoms with E-state index in [9.17, 15) is 8.42 Å². The summed E-state index contributed by atoms with van der Waals surface area (Å²) in [5, 5.41) is 0. The van der Waals surface area contributed by atoms with E-state index in [0.29, 0.717) is 31.2 Å². The monoisotopic (exact) mass is 446 g/mol. The van der Waals surface area contributed by atoms with Gasteiger partial charge < -0.3 is 9.30 Å². The molecular formula is C23H34N4O3S. The van der Waals surface area contributed by atoms with Crippen molar-refractivity contribution in [2.45, 2.75) is 57.0 Å². The van der Waals surface area contributed by atoms with Gasteiger partial charge in [-0.05, 0) is 56.3 Å². The highest BCUT2D eigenvalue weighted by molar-refractivity contribution is 7.89. The molecular weight excluding hydrogens is 412 g/mol. The average Bonchev–Trinajstić information content (AvgIpc) is 3.15. The number of ether oxygens (including phenoxy) is 1. The fourth-order valence-electron chi connectivity index (χ4n) is 5.75. The summed E-state index contributed by atoms with van der Waals surface area (Å²) in [7, 11) is -3.51. The molecule has 2 saturated heterocycles. The maximum absolute atomic E-state index is 13.1. The maximum Gasteiger partial charge on any atom is 0.243 e. The zero-order chi connectivity index (χ0) is 21.4. The van der Waals surface area contributed by atoms with Crippen LogP contribution >= 0.6 is 0 Å². The molecule has 0 unspecified atom stereocenters. The van der Waals surface area contributed by atoms with Crippen LogP contribution in [0.25, 0.3) is 11.0 Å². The number of morpholine rings is 1. The molecule has 2 atom stereocenters. The first-order valence-corrected chi connectivity index (χ1v) is 13.3. The lowest BCUT2D eigenvalue weighted by Gasteiger charge is -2.41. The van der Waals surface area contributed by atoms with Crippen LogP contribution in [0.4, 0.5) is 0 Å². The van der Waals surface area contributed by atoms with Crippen LogP contribution in [-0.4, -0.2) is 66.6 Å². The first-order chi connectivity index (χ1) is 15.1. The van der Waals surface area contributed by atoms with Crippen LogP contribution in [0.5, 0.6) is 0 Å². The van der Waals surface area contributed by atoms with E-state index in [1.165, 1.54) is 43.0 Å². The van der Waals surface area contributed by atoms with Crippen LogP contribution in [0.15, 0.2) is 23.1 Å². The smallest absolute Gasteiger partial charge is 0.243 e. The maximum atomic E-state index is 13.1. The van der Waals surface area contributed by atoms with Crippen LogP contribution in [0.1, 0.15) is 44.9 Å². The van der Waals surface area contributed by atoms with Crippen LogP contribution in [-0.2, 0) is 27.8 Å². The minimum absolute atomic E-state index is 0.331. The van der Waals surface area contributed by atoms with Crippen molar-refractivity contribution in [3.8, 4) is 0 Å². The van der Waals surface area contributed by atoms with Crippen LogP contribution in [0.3, 0.4) is 0 Å². The van der Waals surface area contributed by atoms with Gasteiger partial charge in [-0.1, -0.05) is 19.3 Å². The Labute approximate surface area is 185 Å². The number of benzene rings is 1. The fraction of sp³-hybridized carbons (Fsp3) is 0.696. The second-order valence-corrected chi connectivity index (χ2v) is 11.2. The van der Waals surface area contributed by atoms with Gasteiger partial charge in [-0.2, -0.15) is 4.31 Å². The summed E-state index contributed by atoms with van der Waals surface area (Å²) in [6.07, 6.45) is 6.87. The van der Waals surface area contributed by atoms with E-state index in [0.717, 1.165) is 48.3 Å². The quantitative estimate of drug-likeness (QED) is 0.706. The van der Waals surface area contributed by atoms with Gasteiger partial charge in [-0.3, -0.25) is 4.90 Å². The third-order valence-electron chi connectivity index (χ3n) is 7.46. The number of aryl methyl sites for hydroxylation is 1. The van der Waals surface area contributed by atoms with E-state index in [1.54, 1.807) is 12.1 Å². The minimum atomic E-state index is -3.51. The molecule has 170 valence electrons. The van der Waals surface area contributed by atoms with E-state index in [-0.39, 0.29) is 0 Å². The Morgan fingerprint density at radius 3 is 2.61 bits per heavy atom. The van der Waals surface area contributed by atoms with Crippen molar-refractivity contribution in [1.29, 1.82) is 0 Å². The minimum Gasteiger partial charge on any atom is -0.379 e. The van der Waals surface area contributed by atoms with Gasteiger partial charge in [0.25, 0.3) is 0 Å². The van der Waals surface area contributed by atoms with E-state index in [2.05, 4.69) is 16.4 Å². The molecule has 3 aliphatic rings. The van der Waals surface area contributed by atoms with Crippen LogP contribution < -0.4 is 0 Å². The Hall–Kier alpha value is -1.48. The first kappa shape index (κ1) is 21.4. The molecule has 31 heavy (non-hydrogen) atoms. The number of piperidine rings is 1. The van der Waals surface area contributed by atoms with Gasteiger partial charge in [0.05, 0.1) is 35.7 Å². The lowest BCUT2D eigenvalue weighted by atomic mass is 9.75. The van der Waals surface area contributed by atoms with Crippen molar-refractivity contribution in [3.05, 3.63) is 24.0 Å². The third-order valence-corrected chi connectivity index (χ3v) is 9.36. The summed E-state index contributed by atoms with van der Waals surface area (Å²) in [5.74, 6) is 2.81. The molecule has 1 saturated carbocycles. The van der Waals surface area contributed by atoms with Gasteiger partial charge >= 0.3 is 0 Å². The normalized spacial score (nSPS) is 26.2. The Morgan fingerprint density at radius 1 is 1.06 bits per heavy atom. The van der Waals surface area contributed by atoms with Gasteiger partial charge in [-0.25, -0.2) is 13.4 Å². The summed E-state index contributed by atoms with van der Waals surface area (Å²) in [6.45, 7) is 7.85. The van der Waals surface area contributed by atoms with Gasteiger partial charge in [0.1, 0.15) is 5.82 Å². The number of hydrogen-bond acceptors (Lipinski definition) is 5. The van der Waals surface area contributed by atoms with E-state index in [1.807, 2.05) is 6.07 Å². The number of fused-ring (bicyclic) bond motifs is 2. The molecule has 5 rings (SSSR count). The molecule has 3 heterocycles. The molecule has 2 aliphatic heterocycles. The van der Waals surface area contributed by atoms with Gasteiger partial charge in [0.2, 0.25) is 10.0 Å². The standard InChI is InChI=1S/C23H34N4O3S/c1-2-27-22-8-7-20(31(28,29)26-11-13-30-14-12-26)15-21(22)24-23(27)17-25-10-9-18-5-3-4-6-19(18)16-25/h7-8,15,18-19H,2-6,9-14,16-17H2,1H3/t18-,19+/m1/s1. The highest BCUT2D eigenvalue weighted by Gasteiger charge is 2.32. The summed E-state index contributed by atoms with van der Waals surface area (Å²) >= 11 is 0. The summed E-state index contributed by atoms with van der Waals surface area (Å²) in [4.78, 5) is 7.81. The lowest BCUT2D eigenvalue weighted by Crippen LogP contribution is -2.41. The molecule has 0 amide bonds. The molecule has 8 heteroatoms. The van der Waals surface area contributed by atoms with Gasteiger partial charge in [-0.15, -0.1) is 0 Å². The molecule has 1 aromatic heterocycles. The van der Waals surface area contributed by atoms with Crippen molar-refractivity contribution in [1.82, 2.24) is 18.8 Å². The average molecular weight is 447 g/mol. The van der Waals surface area contributed by atoms with E-state index < -0.39 is 10.0 Å². The number of imidazole rings is 1. The van der Waals surface area contributed by atoms with Crippen molar-refractivity contribution >= 4 is 21.1 Å². The topological polar surface area (TPSA) is 67.7 Å². The molecule has 0 bridgehead atoms. The number of rotatable bonds is 5. The highest BCUT2D eigenvalue weighted by atomic mass is 32.2. The Bertz CT molecular complexity index is 1030. The highest BCUT2D eigenvalue weighted by Crippen LogP contribution is 2.36. The molecule has 1 aliphatic carbocycles. The van der Waals surface area contributed by atoms with Crippen LogP contribution in [0.2, 0.25) is 0 Å². The van der Waals surface area contributed by atoms with Crippen LogP contribution in [0, 0.1) is 11.8 Å². The molecule has 7 nitrogen and oxygen atoms in total. The number of likely N-dealkylation sites (tertiary alicyclic amines) is 1. The molecule has 0 spiro atoms. The van der Waals surface area contributed by atoms with Crippen molar-refractivity contribution in [3.63, 3.8) is 0 Å². The Kier molecular flexibility index (Phi) is 6.07. The fourth-order valence-corrected chi connectivity index (χ4v) is 7.18. The number of aromatic nitrogens is 2. The summed E-state index contributed by atoms with van der Waals surface area (Å²) in [5.41, 5.74) is 1.80. The Morgan fingerprint density at radius 2 is 1.84 bits per heavy atom. The first-order valence-electron chi connectivity index (χ1n) is 11.9. The SMILES string of the molecule is CCn1c(CN2CC[C@H]3CCCC[C@H]3C2)nc2cc(S(=O)(=O)N3CCOCC3)ccc21. The van der Waals surface area contributed by atoms with Crippen molar-refractivity contribution in [2.75, 3.05) is 39.4 Å². The summed E-state index contributed by atoms with van der Waals surface area (Å²) in [6, 6.07) is 5.41. The van der Waals surface area contributed by atoms with E-state index in [4.69, 9.17) is 9.72 Å². The van der Waals surface area contributed by atoms with Crippen molar-refractivity contribution < 1.29 is 13.2 Å². The number of sulfonamides is 1. The van der Waals surface area contributed by atoms with Gasteiger partial charge in [0.15, 0.2) is 0 Å². The second kappa shape index (κ2) is 8.81. The zero-order valence-corrected chi connectivity index (χ0v) is 19.3. The molecule has 0 N–H and O–H groups in total. The Balaban J connectivity index is 1.39. The summed E-state index contributed by atoms with van der Waals surface area (Å²) < 4.78 is 35.2. The van der Waals surface area contributed by atoms with E-state index >= 15 is 0 Å². The predicted molar refractivity (Wildman–Crippen MR) is 120 cm³/mol.